The molecule has 8 heteroatoms. The highest BCUT2D eigenvalue weighted by Crippen LogP contribution is 2.43. The van der Waals surface area contributed by atoms with Crippen LogP contribution in [-0.2, 0) is 15.6 Å². The van der Waals surface area contributed by atoms with E-state index in [0.29, 0.717) is 30.2 Å². The Labute approximate surface area is 209 Å². The number of sulfone groups is 1. The van der Waals surface area contributed by atoms with Crippen LogP contribution in [0.25, 0.3) is 0 Å². The van der Waals surface area contributed by atoms with Crippen molar-refractivity contribution in [2.45, 2.75) is 39.0 Å². The van der Waals surface area contributed by atoms with Gasteiger partial charge in [0, 0.05) is 37.4 Å². The molecule has 3 saturated heterocycles. The van der Waals surface area contributed by atoms with Crippen LogP contribution in [0.3, 0.4) is 0 Å². The molecule has 2 N–H and O–H groups in total. The monoisotopic (exact) mass is 499 g/mol. The average Bonchev–Trinajstić information content (AvgIpc) is 3.07. The van der Waals surface area contributed by atoms with E-state index in [9.17, 15) is 13.2 Å². The summed E-state index contributed by atoms with van der Waals surface area (Å²) in [7, 11) is -3.23. The second kappa shape index (κ2) is 10.2. The van der Waals surface area contributed by atoms with Crippen molar-refractivity contribution in [3.63, 3.8) is 0 Å². The van der Waals surface area contributed by atoms with Crippen LogP contribution >= 0.6 is 0 Å². The molecule has 2 bridgehead atoms. The third-order valence-electron chi connectivity index (χ3n) is 7.20. The second-order valence-corrected chi connectivity index (χ2v) is 12.6. The molecular formula is C27H37N3O4S. The first-order valence-corrected chi connectivity index (χ1v) is 14.2. The maximum Gasteiger partial charge on any atom is 0.253 e. The smallest absolute Gasteiger partial charge is 0.253 e. The van der Waals surface area contributed by atoms with E-state index in [0.717, 1.165) is 30.9 Å². The quantitative estimate of drug-likeness (QED) is 0.599. The number of rotatable bonds is 8. The summed E-state index contributed by atoms with van der Waals surface area (Å²) in [5, 5.41) is 0. The normalized spacial score (nSPS) is 21.6. The number of carbonyl (C=O) groups is 1. The fourth-order valence-corrected chi connectivity index (χ4v) is 6.82. The number of fused-ring (bicyclic) bond motifs is 4. The van der Waals surface area contributed by atoms with E-state index in [2.05, 4.69) is 30.9 Å². The number of piperidine rings is 1. The molecule has 3 aliphatic rings. The summed E-state index contributed by atoms with van der Waals surface area (Å²) < 4.78 is 29.8. The molecule has 0 spiro atoms. The van der Waals surface area contributed by atoms with E-state index in [-0.39, 0.29) is 35.4 Å². The van der Waals surface area contributed by atoms with Gasteiger partial charge in [-0.05, 0) is 66.6 Å². The van der Waals surface area contributed by atoms with Crippen LogP contribution in [0.4, 0.5) is 5.69 Å². The van der Waals surface area contributed by atoms with E-state index in [1.165, 1.54) is 0 Å². The standard InChI is InChI=1S/C27H37N3O4S/c1-4-34-24-11-9-23(10-12-24)30-17-21-15-27(2,3)25(30)18-29(16-21)26(31)22-7-5-20(6-8-22)19-35(32,33)14-13-28/h5-12,21,25H,4,13-19,28H2,1-3H3/t21-,25-/m1/s1. The van der Waals surface area contributed by atoms with Gasteiger partial charge in [0.15, 0.2) is 9.84 Å². The molecule has 0 unspecified atom stereocenters. The SMILES string of the molecule is CCOc1ccc(N2C[C@H]3CN(C(=O)c4ccc(CS(=O)(=O)CCN)cc4)C[C@@H]2C(C)(C)C3)cc1. The highest BCUT2D eigenvalue weighted by Gasteiger charge is 2.46. The number of hydrogen-bond donors (Lipinski definition) is 1. The molecule has 0 aliphatic carbocycles. The first-order valence-electron chi connectivity index (χ1n) is 12.4. The van der Waals surface area contributed by atoms with Crippen molar-refractivity contribution in [1.29, 1.82) is 0 Å². The number of carbonyl (C=O) groups excluding carboxylic acids is 1. The fourth-order valence-electron chi connectivity index (χ4n) is 5.62. The van der Waals surface area contributed by atoms with Gasteiger partial charge in [0.25, 0.3) is 5.91 Å². The van der Waals surface area contributed by atoms with Crippen molar-refractivity contribution in [2.75, 3.05) is 43.4 Å². The molecule has 2 atom stereocenters. The molecule has 3 heterocycles. The Hall–Kier alpha value is -2.58. The molecule has 35 heavy (non-hydrogen) atoms. The Balaban J connectivity index is 1.52. The number of anilines is 1. The molecule has 5 rings (SSSR count). The minimum absolute atomic E-state index is 0.00242. The Morgan fingerprint density at radius 1 is 1.06 bits per heavy atom. The molecule has 1 amide bonds. The molecule has 3 aliphatic heterocycles. The van der Waals surface area contributed by atoms with Crippen LogP contribution in [0.15, 0.2) is 48.5 Å². The molecular weight excluding hydrogens is 462 g/mol. The Morgan fingerprint density at radius 2 is 1.74 bits per heavy atom. The first kappa shape index (κ1) is 25.5. The van der Waals surface area contributed by atoms with Gasteiger partial charge in [-0.25, -0.2) is 8.42 Å². The summed E-state index contributed by atoms with van der Waals surface area (Å²) in [6, 6.07) is 15.4. The highest BCUT2D eigenvalue weighted by atomic mass is 32.2. The van der Waals surface area contributed by atoms with Gasteiger partial charge in [-0.1, -0.05) is 26.0 Å². The molecule has 0 aromatic heterocycles. The van der Waals surface area contributed by atoms with Crippen molar-refractivity contribution in [1.82, 2.24) is 4.90 Å². The molecule has 2 aromatic rings. The lowest BCUT2D eigenvalue weighted by atomic mass is 9.73. The van der Waals surface area contributed by atoms with Gasteiger partial charge in [0.2, 0.25) is 0 Å². The number of hydrogen-bond acceptors (Lipinski definition) is 6. The van der Waals surface area contributed by atoms with Crippen molar-refractivity contribution < 1.29 is 17.9 Å². The largest absolute Gasteiger partial charge is 0.494 e. The van der Waals surface area contributed by atoms with Gasteiger partial charge in [-0.3, -0.25) is 4.79 Å². The van der Waals surface area contributed by atoms with Gasteiger partial charge < -0.3 is 20.3 Å². The predicted molar refractivity (Wildman–Crippen MR) is 140 cm³/mol. The van der Waals surface area contributed by atoms with Gasteiger partial charge in [-0.2, -0.15) is 0 Å². The number of ether oxygens (including phenoxy) is 1. The van der Waals surface area contributed by atoms with E-state index >= 15 is 0 Å². The third kappa shape index (κ3) is 5.81. The molecule has 3 fully saturated rings. The minimum Gasteiger partial charge on any atom is -0.494 e. The summed E-state index contributed by atoms with van der Waals surface area (Å²) in [6.07, 6.45) is 1.08. The summed E-state index contributed by atoms with van der Waals surface area (Å²) >= 11 is 0. The van der Waals surface area contributed by atoms with Gasteiger partial charge in [0.1, 0.15) is 5.75 Å². The number of nitrogens with two attached hydrogens (primary N) is 1. The van der Waals surface area contributed by atoms with E-state index in [1.54, 1.807) is 24.3 Å². The van der Waals surface area contributed by atoms with Crippen molar-refractivity contribution >= 4 is 21.4 Å². The maximum atomic E-state index is 13.5. The third-order valence-corrected chi connectivity index (χ3v) is 8.83. The Kier molecular flexibility index (Phi) is 7.43. The van der Waals surface area contributed by atoms with E-state index < -0.39 is 9.84 Å². The number of benzene rings is 2. The van der Waals surface area contributed by atoms with Crippen molar-refractivity contribution in [3.05, 3.63) is 59.7 Å². The number of amides is 1. The fraction of sp³-hybridized carbons (Fsp3) is 0.519. The topological polar surface area (TPSA) is 92.9 Å². The summed E-state index contributed by atoms with van der Waals surface area (Å²) in [4.78, 5) is 17.9. The highest BCUT2D eigenvalue weighted by molar-refractivity contribution is 7.90. The first-order chi connectivity index (χ1) is 16.6. The lowest BCUT2D eigenvalue weighted by molar-refractivity contribution is 0.0746. The second-order valence-electron chi connectivity index (χ2n) is 10.4. The van der Waals surface area contributed by atoms with Crippen LogP contribution < -0.4 is 15.4 Å². The van der Waals surface area contributed by atoms with Crippen LogP contribution in [-0.4, -0.2) is 63.8 Å². The zero-order valence-corrected chi connectivity index (χ0v) is 21.8. The van der Waals surface area contributed by atoms with Crippen LogP contribution in [0.5, 0.6) is 5.75 Å². The van der Waals surface area contributed by atoms with Crippen LogP contribution in [0, 0.1) is 11.3 Å². The van der Waals surface area contributed by atoms with Crippen LogP contribution in [0.2, 0.25) is 0 Å². The number of nitrogens with zero attached hydrogens (tertiary/aromatic N) is 2. The maximum absolute atomic E-state index is 13.5. The molecule has 2 aromatic carbocycles. The average molecular weight is 500 g/mol. The van der Waals surface area contributed by atoms with Crippen LogP contribution in [0.1, 0.15) is 43.1 Å². The van der Waals surface area contributed by atoms with Crippen molar-refractivity contribution in [2.24, 2.45) is 17.1 Å². The molecule has 190 valence electrons. The van der Waals surface area contributed by atoms with E-state index in [4.69, 9.17) is 10.5 Å². The minimum atomic E-state index is -3.23. The zero-order chi connectivity index (χ0) is 25.2. The Bertz CT molecular complexity index is 1130. The predicted octanol–water partition coefficient (Wildman–Crippen LogP) is 3.34. The Morgan fingerprint density at radius 3 is 2.37 bits per heavy atom. The molecule has 0 saturated carbocycles. The summed E-state index contributed by atoms with van der Waals surface area (Å²) in [5.74, 6) is 1.15. The lowest BCUT2D eigenvalue weighted by Crippen LogP contribution is -2.54. The van der Waals surface area contributed by atoms with E-state index in [1.807, 2.05) is 24.0 Å². The van der Waals surface area contributed by atoms with Crippen molar-refractivity contribution in [3.8, 4) is 5.75 Å². The molecule has 0 radical (unpaired) electrons. The van der Waals surface area contributed by atoms with Gasteiger partial charge in [0.05, 0.1) is 24.2 Å². The van der Waals surface area contributed by atoms with Gasteiger partial charge in [-0.15, -0.1) is 0 Å². The van der Waals surface area contributed by atoms with Gasteiger partial charge >= 0.3 is 0 Å². The lowest BCUT2D eigenvalue weighted by Gasteiger charge is -2.48. The molecule has 7 nitrogen and oxygen atoms in total. The summed E-state index contributed by atoms with van der Waals surface area (Å²) in [5.41, 5.74) is 7.90. The summed E-state index contributed by atoms with van der Waals surface area (Å²) in [6.45, 7) is 9.63. The zero-order valence-electron chi connectivity index (χ0n) is 20.9.